The third-order valence-electron chi connectivity index (χ3n) is 1.82. The van der Waals surface area contributed by atoms with Gasteiger partial charge >= 0.3 is 6.09 Å². The highest BCUT2D eigenvalue weighted by Gasteiger charge is 2.24. The van der Waals surface area contributed by atoms with E-state index >= 15 is 0 Å². The number of nitrogens with zero attached hydrogens (tertiary/aromatic N) is 1. The molecule has 1 atom stereocenters. The fraction of sp³-hybridized carbons (Fsp3) is 0.857. The first kappa shape index (κ1) is 8.33. The monoisotopic (exact) mass is 159 g/mol. The van der Waals surface area contributed by atoms with Crippen molar-refractivity contribution in [2.45, 2.75) is 6.92 Å². The number of aliphatic hydroxyl groups is 1. The summed E-state index contributed by atoms with van der Waals surface area (Å²) in [4.78, 5) is 12.5. The quantitative estimate of drug-likeness (QED) is 0.620. The molecule has 1 unspecified atom stereocenters. The molecule has 1 heterocycles. The smallest absolute Gasteiger partial charge is 0.409 e. The number of hydrogen-bond acceptors (Lipinski definition) is 3. The van der Waals surface area contributed by atoms with Gasteiger partial charge in [-0.15, -0.1) is 0 Å². The summed E-state index contributed by atoms with van der Waals surface area (Å²) in [6.45, 7) is 3.60. The predicted molar refractivity (Wildman–Crippen MR) is 39.2 cm³/mol. The molecule has 1 saturated heterocycles. The summed E-state index contributed by atoms with van der Waals surface area (Å²) in [6.07, 6.45) is -0.266. The molecule has 0 aromatic rings. The minimum atomic E-state index is -0.266. The number of amides is 1. The zero-order valence-corrected chi connectivity index (χ0v) is 6.62. The fourth-order valence-electron chi connectivity index (χ4n) is 1.09. The van der Waals surface area contributed by atoms with Gasteiger partial charge in [-0.05, 0) is 6.92 Å². The lowest BCUT2D eigenvalue weighted by Gasteiger charge is -2.30. The van der Waals surface area contributed by atoms with E-state index in [1.54, 1.807) is 4.90 Å². The highest BCUT2D eigenvalue weighted by molar-refractivity contribution is 5.68. The van der Waals surface area contributed by atoms with E-state index in [0.29, 0.717) is 19.7 Å². The fourth-order valence-corrected chi connectivity index (χ4v) is 1.09. The molecular weight excluding hydrogens is 146 g/mol. The van der Waals surface area contributed by atoms with Gasteiger partial charge in [-0.3, -0.25) is 0 Å². The highest BCUT2D eigenvalue weighted by Crippen LogP contribution is 2.09. The van der Waals surface area contributed by atoms with Crippen LogP contribution in [0.25, 0.3) is 0 Å². The second-order valence-corrected chi connectivity index (χ2v) is 2.66. The van der Waals surface area contributed by atoms with E-state index in [1.807, 2.05) is 6.92 Å². The van der Waals surface area contributed by atoms with Crippen molar-refractivity contribution in [1.29, 1.82) is 0 Å². The Labute approximate surface area is 65.8 Å². The maximum Gasteiger partial charge on any atom is 0.409 e. The molecule has 1 rings (SSSR count). The lowest BCUT2D eigenvalue weighted by Crippen LogP contribution is -2.43. The Kier molecular flexibility index (Phi) is 2.70. The maximum absolute atomic E-state index is 10.9. The van der Waals surface area contributed by atoms with Crippen molar-refractivity contribution in [3.8, 4) is 0 Å². The predicted octanol–water partition coefficient (Wildman–Crippen LogP) is 0.0670. The summed E-state index contributed by atoms with van der Waals surface area (Å²) in [5, 5.41) is 8.77. The molecule has 0 spiro atoms. The Morgan fingerprint density at radius 3 is 3.09 bits per heavy atom. The number of rotatable bonds is 2. The highest BCUT2D eigenvalue weighted by atomic mass is 16.6. The van der Waals surface area contributed by atoms with Crippen molar-refractivity contribution < 1.29 is 14.6 Å². The molecule has 1 aliphatic heterocycles. The molecule has 0 bridgehead atoms. The van der Waals surface area contributed by atoms with E-state index in [2.05, 4.69) is 0 Å². The van der Waals surface area contributed by atoms with Crippen molar-refractivity contribution >= 4 is 6.09 Å². The first-order valence-electron chi connectivity index (χ1n) is 3.80. The Morgan fingerprint density at radius 1 is 1.82 bits per heavy atom. The summed E-state index contributed by atoms with van der Waals surface area (Å²) in [5.74, 6) is 0.0904. The van der Waals surface area contributed by atoms with E-state index in [1.165, 1.54) is 0 Å². The second kappa shape index (κ2) is 3.57. The Hall–Kier alpha value is -0.770. The summed E-state index contributed by atoms with van der Waals surface area (Å²) >= 11 is 0. The summed E-state index contributed by atoms with van der Waals surface area (Å²) in [6, 6.07) is 0. The Balaban J connectivity index is 2.44. The third-order valence-corrected chi connectivity index (χ3v) is 1.82. The van der Waals surface area contributed by atoms with Crippen molar-refractivity contribution in [1.82, 2.24) is 4.90 Å². The summed E-state index contributed by atoms with van der Waals surface area (Å²) < 4.78 is 4.81. The van der Waals surface area contributed by atoms with Crippen molar-refractivity contribution in [2.24, 2.45) is 5.92 Å². The van der Waals surface area contributed by atoms with E-state index in [-0.39, 0.29) is 18.6 Å². The maximum atomic E-state index is 10.9. The van der Waals surface area contributed by atoms with Gasteiger partial charge in [0.05, 0.1) is 13.2 Å². The van der Waals surface area contributed by atoms with Crippen molar-refractivity contribution in [3.63, 3.8) is 0 Å². The van der Waals surface area contributed by atoms with E-state index in [9.17, 15) is 4.79 Å². The lowest BCUT2D eigenvalue weighted by atomic mass is 10.1. The normalized spacial score (nSPS) is 25.1. The van der Waals surface area contributed by atoms with Crippen molar-refractivity contribution in [3.05, 3.63) is 0 Å². The van der Waals surface area contributed by atoms with E-state index in [4.69, 9.17) is 9.84 Å². The van der Waals surface area contributed by atoms with Gasteiger partial charge in [0, 0.05) is 19.0 Å². The number of ether oxygens (including phenoxy) is 1. The van der Waals surface area contributed by atoms with E-state index < -0.39 is 0 Å². The first-order chi connectivity index (χ1) is 5.27. The first-order valence-corrected chi connectivity index (χ1v) is 3.80. The van der Waals surface area contributed by atoms with Gasteiger partial charge in [0.1, 0.15) is 0 Å². The topological polar surface area (TPSA) is 49.8 Å². The molecule has 0 aliphatic carbocycles. The van der Waals surface area contributed by atoms with Crippen LogP contribution in [0.1, 0.15) is 6.92 Å². The molecule has 11 heavy (non-hydrogen) atoms. The largest absolute Gasteiger partial charge is 0.449 e. The van der Waals surface area contributed by atoms with Crippen LogP contribution in [-0.2, 0) is 4.74 Å². The van der Waals surface area contributed by atoms with Crippen LogP contribution in [0, 0.1) is 5.92 Å². The molecule has 0 aromatic heterocycles. The van der Waals surface area contributed by atoms with Crippen LogP contribution >= 0.6 is 0 Å². The van der Waals surface area contributed by atoms with Gasteiger partial charge in [0.15, 0.2) is 0 Å². The molecule has 1 fully saturated rings. The summed E-state index contributed by atoms with van der Waals surface area (Å²) in [7, 11) is 0. The zero-order chi connectivity index (χ0) is 8.27. The molecule has 0 radical (unpaired) electrons. The number of carbonyl (C=O) groups excluding carboxylic acids is 1. The molecular formula is C7H13NO3. The average Bonchev–Trinajstić information content (AvgIpc) is 2.05. The van der Waals surface area contributed by atoms with Gasteiger partial charge in [0.2, 0.25) is 0 Å². The van der Waals surface area contributed by atoms with Crippen LogP contribution < -0.4 is 0 Å². The van der Waals surface area contributed by atoms with Crippen LogP contribution in [-0.4, -0.2) is 42.4 Å². The minimum Gasteiger partial charge on any atom is -0.449 e. The molecule has 64 valence electrons. The lowest BCUT2D eigenvalue weighted by molar-refractivity contribution is 0.0267. The van der Waals surface area contributed by atoms with Gasteiger partial charge in [-0.1, -0.05) is 0 Å². The van der Waals surface area contributed by atoms with Crippen LogP contribution in [0.2, 0.25) is 0 Å². The number of hydrogen-bond donors (Lipinski definition) is 1. The average molecular weight is 159 g/mol. The Morgan fingerprint density at radius 2 is 2.55 bits per heavy atom. The molecule has 1 amide bonds. The standard InChI is InChI=1S/C7H13NO3/c1-2-8-3-6(4-9)5-11-7(8)10/h6,9H,2-5H2,1H3. The van der Waals surface area contributed by atoms with Crippen LogP contribution in [0.4, 0.5) is 4.79 Å². The van der Waals surface area contributed by atoms with Crippen molar-refractivity contribution in [2.75, 3.05) is 26.3 Å². The summed E-state index contributed by atoms with van der Waals surface area (Å²) in [5.41, 5.74) is 0. The number of cyclic esters (lactones) is 1. The molecule has 0 aromatic carbocycles. The van der Waals surface area contributed by atoms with Gasteiger partial charge in [-0.25, -0.2) is 4.79 Å². The van der Waals surface area contributed by atoms with Gasteiger partial charge in [0.25, 0.3) is 0 Å². The second-order valence-electron chi connectivity index (χ2n) is 2.66. The molecule has 0 saturated carbocycles. The molecule has 4 nitrogen and oxygen atoms in total. The third kappa shape index (κ3) is 1.83. The van der Waals surface area contributed by atoms with Gasteiger partial charge in [-0.2, -0.15) is 0 Å². The SMILES string of the molecule is CCN1CC(CO)COC1=O. The van der Waals surface area contributed by atoms with Crippen LogP contribution in [0.15, 0.2) is 0 Å². The van der Waals surface area contributed by atoms with Gasteiger partial charge < -0.3 is 14.7 Å². The number of aliphatic hydroxyl groups excluding tert-OH is 1. The molecule has 1 aliphatic rings. The Bertz CT molecular complexity index is 149. The van der Waals surface area contributed by atoms with E-state index in [0.717, 1.165) is 0 Å². The van der Waals surface area contributed by atoms with Crippen LogP contribution in [0.5, 0.6) is 0 Å². The number of carbonyl (C=O) groups is 1. The zero-order valence-electron chi connectivity index (χ0n) is 6.62. The van der Waals surface area contributed by atoms with Crippen LogP contribution in [0.3, 0.4) is 0 Å². The minimum absolute atomic E-state index is 0.0871. The molecule has 1 N–H and O–H groups in total. The molecule has 4 heteroatoms.